The molecule has 0 radical (unpaired) electrons. The van der Waals surface area contributed by atoms with Gasteiger partial charge in [-0.3, -0.25) is 24.1 Å². The largest absolute Gasteiger partial charge is 0.343 e. The first-order chi connectivity index (χ1) is 13.2. The van der Waals surface area contributed by atoms with Gasteiger partial charge in [0.25, 0.3) is 17.7 Å². The number of hydrogen-bond acceptors (Lipinski definition) is 4. The van der Waals surface area contributed by atoms with Gasteiger partial charge >= 0.3 is 0 Å². The molecule has 1 aliphatic heterocycles. The third kappa shape index (κ3) is 3.51. The molecule has 0 aliphatic carbocycles. The Morgan fingerprint density at radius 1 is 0.929 bits per heavy atom. The van der Waals surface area contributed by atoms with Gasteiger partial charge in [0.15, 0.2) is 0 Å². The highest BCUT2D eigenvalue weighted by molar-refractivity contribution is 6.21. The first-order valence-electron chi connectivity index (χ1n) is 8.81. The second-order valence-electron chi connectivity index (χ2n) is 6.93. The Balaban J connectivity index is 1.66. The summed E-state index contributed by atoms with van der Waals surface area (Å²) in [7, 11) is 1.39. The summed E-state index contributed by atoms with van der Waals surface area (Å²) in [4.78, 5) is 49.5. The second kappa shape index (κ2) is 7.26. The van der Waals surface area contributed by atoms with Gasteiger partial charge in [-0.1, -0.05) is 17.7 Å². The summed E-state index contributed by atoms with van der Waals surface area (Å²) in [6.45, 7) is 5.59. The normalized spacial score (nSPS) is 12.8. The summed E-state index contributed by atoms with van der Waals surface area (Å²) in [5, 5.41) is 5.35. The Bertz CT molecular complexity index is 1000. The zero-order chi connectivity index (χ0) is 20.6. The van der Waals surface area contributed by atoms with Gasteiger partial charge in [0, 0.05) is 18.3 Å². The van der Waals surface area contributed by atoms with Crippen molar-refractivity contribution in [2.75, 3.05) is 18.9 Å². The van der Waals surface area contributed by atoms with Crippen LogP contribution in [0.15, 0.2) is 30.3 Å². The summed E-state index contributed by atoms with van der Waals surface area (Å²) < 4.78 is 0. The Morgan fingerprint density at radius 3 is 2.18 bits per heavy atom. The van der Waals surface area contributed by atoms with Gasteiger partial charge in [-0.2, -0.15) is 0 Å². The molecule has 0 saturated heterocycles. The lowest BCUT2D eigenvalue weighted by molar-refractivity contribution is -0.115. The van der Waals surface area contributed by atoms with Crippen LogP contribution in [-0.2, 0) is 4.79 Å². The number of rotatable bonds is 4. The van der Waals surface area contributed by atoms with Crippen molar-refractivity contribution >= 4 is 29.3 Å². The monoisotopic (exact) mass is 379 g/mol. The molecule has 0 fully saturated rings. The molecule has 2 N–H and O–H groups in total. The maximum absolute atomic E-state index is 12.3. The lowest BCUT2D eigenvalue weighted by Crippen LogP contribution is -2.33. The van der Waals surface area contributed by atoms with Crippen LogP contribution in [0.5, 0.6) is 0 Å². The van der Waals surface area contributed by atoms with Crippen LogP contribution >= 0.6 is 0 Å². The number of aryl methyl sites for hydroxylation is 3. The van der Waals surface area contributed by atoms with E-state index in [-0.39, 0.29) is 29.1 Å². The number of imide groups is 1. The summed E-state index contributed by atoms with van der Waals surface area (Å²) in [6, 6.07) is 8.24. The van der Waals surface area contributed by atoms with Crippen LogP contribution in [-0.4, -0.2) is 42.1 Å². The predicted octanol–water partition coefficient (Wildman–Crippen LogP) is 2.21. The zero-order valence-corrected chi connectivity index (χ0v) is 16.2. The molecule has 4 amide bonds. The lowest BCUT2D eigenvalue weighted by atomic mass is 10.0. The maximum Gasteiger partial charge on any atom is 0.261 e. The highest BCUT2D eigenvalue weighted by atomic mass is 16.2. The number of benzene rings is 2. The lowest BCUT2D eigenvalue weighted by Gasteiger charge is -2.13. The van der Waals surface area contributed by atoms with E-state index in [0.29, 0.717) is 0 Å². The van der Waals surface area contributed by atoms with Crippen molar-refractivity contribution in [2.24, 2.45) is 0 Å². The SMILES string of the molecule is Cc1cc(C)c(NC(=O)CNC(=O)c2ccc3c(c2)C(=O)N(C)C3=O)c(C)c1. The van der Waals surface area contributed by atoms with Gasteiger partial charge in [-0.15, -0.1) is 0 Å². The van der Waals surface area contributed by atoms with Gasteiger partial charge < -0.3 is 10.6 Å². The molecule has 1 heterocycles. The molecule has 7 heteroatoms. The molecule has 2 aromatic carbocycles. The van der Waals surface area contributed by atoms with Gasteiger partial charge in [0.1, 0.15) is 0 Å². The standard InChI is InChI=1S/C21H21N3O4/c1-11-7-12(2)18(13(3)8-11)23-17(25)10-22-19(26)14-5-6-15-16(9-14)21(28)24(4)20(15)27/h5-9H,10H2,1-4H3,(H,22,26)(H,23,25). The Labute approximate surface area is 162 Å². The third-order valence-electron chi connectivity index (χ3n) is 4.70. The topological polar surface area (TPSA) is 95.6 Å². The van der Waals surface area contributed by atoms with Gasteiger partial charge in [-0.05, 0) is 50.1 Å². The number of carbonyl (C=O) groups excluding carboxylic acids is 4. The van der Waals surface area contributed by atoms with Gasteiger partial charge in [0.05, 0.1) is 17.7 Å². The molecule has 144 valence electrons. The first-order valence-corrected chi connectivity index (χ1v) is 8.81. The number of amides is 4. The van der Waals surface area contributed by atoms with Crippen molar-refractivity contribution in [2.45, 2.75) is 20.8 Å². The molecule has 0 atom stereocenters. The fourth-order valence-corrected chi connectivity index (χ4v) is 3.33. The molecular weight excluding hydrogens is 358 g/mol. The molecule has 0 spiro atoms. The van der Waals surface area contributed by atoms with Crippen molar-refractivity contribution in [3.05, 3.63) is 63.7 Å². The summed E-state index contributed by atoms with van der Waals surface area (Å²) in [5.74, 6) is -1.69. The van der Waals surface area contributed by atoms with Crippen LogP contribution in [0.2, 0.25) is 0 Å². The van der Waals surface area contributed by atoms with Crippen molar-refractivity contribution in [3.63, 3.8) is 0 Å². The molecule has 28 heavy (non-hydrogen) atoms. The predicted molar refractivity (Wildman–Crippen MR) is 104 cm³/mol. The number of fused-ring (bicyclic) bond motifs is 1. The molecular formula is C21H21N3O4. The molecule has 2 aromatic rings. The van der Waals surface area contributed by atoms with Crippen molar-refractivity contribution < 1.29 is 19.2 Å². The minimum atomic E-state index is -0.495. The molecule has 0 saturated carbocycles. The number of anilines is 1. The molecule has 0 unspecified atom stereocenters. The van der Waals surface area contributed by atoms with Crippen molar-refractivity contribution in [3.8, 4) is 0 Å². The minimum Gasteiger partial charge on any atom is -0.343 e. The average Bonchev–Trinajstić information content (AvgIpc) is 2.86. The highest BCUT2D eigenvalue weighted by Gasteiger charge is 2.33. The van der Waals surface area contributed by atoms with Gasteiger partial charge in [0.2, 0.25) is 5.91 Å². The van der Waals surface area contributed by atoms with E-state index in [1.807, 2.05) is 32.9 Å². The van der Waals surface area contributed by atoms with Crippen LogP contribution in [0.4, 0.5) is 5.69 Å². The van der Waals surface area contributed by atoms with Gasteiger partial charge in [-0.25, -0.2) is 0 Å². The zero-order valence-electron chi connectivity index (χ0n) is 16.2. The van der Waals surface area contributed by atoms with Crippen molar-refractivity contribution in [1.82, 2.24) is 10.2 Å². The summed E-state index contributed by atoms with van der Waals surface area (Å²) in [5.41, 5.74) is 4.41. The van der Waals surface area contributed by atoms with Crippen LogP contribution < -0.4 is 10.6 Å². The summed E-state index contributed by atoms with van der Waals surface area (Å²) >= 11 is 0. The second-order valence-corrected chi connectivity index (χ2v) is 6.93. The van der Waals surface area contributed by atoms with E-state index in [0.717, 1.165) is 27.3 Å². The maximum atomic E-state index is 12.3. The quantitative estimate of drug-likeness (QED) is 0.796. The molecule has 0 bridgehead atoms. The average molecular weight is 379 g/mol. The molecule has 3 rings (SSSR count). The van der Waals surface area contributed by atoms with E-state index >= 15 is 0 Å². The minimum absolute atomic E-state index is 0.190. The molecule has 0 aromatic heterocycles. The van der Waals surface area contributed by atoms with Crippen LogP contribution in [0.1, 0.15) is 47.8 Å². The highest BCUT2D eigenvalue weighted by Crippen LogP contribution is 2.23. The Morgan fingerprint density at radius 2 is 1.54 bits per heavy atom. The molecule has 1 aliphatic rings. The van der Waals surface area contributed by atoms with E-state index in [4.69, 9.17) is 0 Å². The van der Waals surface area contributed by atoms with Crippen LogP contribution in [0, 0.1) is 20.8 Å². The van der Waals surface area contributed by atoms with E-state index in [1.165, 1.54) is 25.2 Å². The number of hydrogen-bond donors (Lipinski definition) is 2. The summed E-state index contributed by atoms with van der Waals surface area (Å²) in [6.07, 6.45) is 0. The molecule has 7 nitrogen and oxygen atoms in total. The fourth-order valence-electron chi connectivity index (χ4n) is 3.33. The van der Waals surface area contributed by atoms with Crippen LogP contribution in [0.3, 0.4) is 0 Å². The fraction of sp³-hybridized carbons (Fsp3) is 0.238. The third-order valence-corrected chi connectivity index (χ3v) is 4.70. The number of carbonyl (C=O) groups is 4. The van der Waals surface area contributed by atoms with E-state index in [2.05, 4.69) is 10.6 Å². The Kier molecular flexibility index (Phi) is 5.00. The number of nitrogens with one attached hydrogen (secondary N) is 2. The van der Waals surface area contributed by atoms with E-state index in [1.54, 1.807) is 0 Å². The number of nitrogens with zero attached hydrogens (tertiary/aromatic N) is 1. The van der Waals surface area contributed by atoms with E-state index < -0.39 is 17.7 Å². The smallest absolute Gasteiger partial charge is 0.261 e. The van der Waals surface area contributed by atoms with Crippen LogP contribution in [0.25, 0.3) is 0 Å². The van der Waals surface area contributed by atoms with Crippen molar-refractivity contribution in [1.29, 1.82) is 0 Å². The Hall–Kier alpha value is -3.48. The van der Waals surface area contributed by atoms with E-state index in [9.17, 15) is 19.2 Å². The first kappa shape index (κ1) is 19.3.